The number of aromatic nitrogens is 1. The van der Waals surface area contributed by atoms with Gasteiger partial charge < -0.3 is 19.4 Å². The lowest BCUT2D eigenvalue weighted by atomic mass is 10.1. The molecule has 1 aromatic heterocycles. The highest BCUT2D eigenvalue weighted by Crippen LogP contribution is 2.35. The van der Waals surface area contributed by atoms with Crippen LogP contribution in [0.4, 0.5) is 0 Å². The van der Waals surface area contributed by atoms with Crippen LogP contribution in [0, 0.1) is 0 Å². The van der Waals surface area contributed by atoms with Crippen LogP contribution in [0.2, 0.25) is 0 Å². The van der Waals surface area contributed by atoms with Gasteiger partial charge >= 0.3 is 0 Å². The molecule has 1 amide bonds. The molecule has 1 aliphatic rings. The highest BCUT2D eigenvalue weighted by molar-refractivity contribution is 5.94. The number of fused-ring (bicyclic) bond motifs is 3. The summed E-state index contributed by atoms with van der Waals surface area (Å²) in [5.41, 5.74) is 3.48. The first-order chi connectivity index (χ1) is 16.0. The van der Waals surface area contributed by atoms with Crippen molar-refractivity contribution in [3.05, 3.63) is 82.0 Å². The molecule has 2 heterocycles. The number of nitrogens with one attached hydrogen (secondary N) is 1. The summed E-state index contributed by atoms with van der Waals surface area (Å²) in [6, 6.07) is 18.8. The standard InChI is InChI=1S/C27H26N2O4/c1-3-32-24-13-18-12-17(2)33-25(18)14-19(24)15-28-26(30)16-29-22-10-6-4-8-20(22)27(31)21-9-5-7-11-23(21)29/h4-11,13-14,17H,3,12,15-16H2,1-2H3,(H,28,30). The van der Waals surface area contributed by atoms with E-state index in [2.05, 4.69) is 5.32 Å². The molecule has 6 heteroatoms. The van der Waals surface area contributed by atoms with Crippen molar-refractivity contribution in [2.45, 2.75) is 39.5 Å². The van der Waals surface area contributed by atoms with E-state index in [1.54, 1.807) is 12.1 Å². The fraction of sp³-hybridized carbons (Fsp3) is 0.259. The van der Waals surface area contributed by atoms with Crippen LogP contribution in [0.1, 0.15) is 25.0 Å². The molecule has 5 rings (SSSR count). The molecular weight excluding hydrogens is 416 g/mol. The number of rotatable bonds is 6. The van der Waals surface area contributed by atoms with Gasteiger partial charge in [-0.15, -0.1) is 0 Å². The molecule has 33 heavy (non-hydrogen) atoms. The maximum atomic E-state index is 13.0. The summed E-state index contributed by atoms with van der Waals surface area (Å²) < 4.78 is 13.6. The molecule has 1 unspecified atom stereocenters. The van der Waals surface area contributed by atoms with Crippen molar-refractivity contribution in [2.24, 2.45) is 0 Å². The Kier molecular flexibility index (Phi) is 5.50. The van der Waals surface area contributed by atoms with Crippen molar-refractivity contribution in [3.63, 3.8) is 0 Å². The number of benzene rings is 3. The third kappa shape index (κ3) is 3.93. The second-order valence-corrected chi connectivity index (χ2v) is 8.36. The molecule has 0 radical (unpaired) electrons. The van der Waals surface area contributed by atoms with Crippen molar-refractivity contribution < 1.29 is 14.3 Å². The smallest absolute Gasteiger partial charge is 0.240 e. The number of amides is 1. The zero-order valence-corrected chi connectivity index (χ0v) is 18.8. The molecule has 0 aliphatic carbocycles. The number of para-hydroxylation sites is 2. The van der Waals surface area contributed by atoms with Gasteiger partial charge in [-0.3, -0.25) is 9.59 Å². The van der Waals surface area contributed by atoms with E-state index in [0.717, 1.165) is 40.1 Å². The van der Waals surface area contributed by atoms with Gasteiger partial charge in [0.2, 0.25) is 5.91 Å². The molecule has 0 spiro atoms. The molecule has 1 aliphatic heterocycles. The Labute approximate surface area is 191 Å². The molecule has 3 aromatic carbocycles. The number of hydrogen-bond acceptors (Lipinski definition) is 4. The number of hydrogen-bond donors (Lipinski definition) is 1. The van der Waals surface area contributed by atoms with Crippen molar-refractivity contribution >= 4 is 27.7 Å². The summed E-state index contributed by atoms with van der Waals surface area (Å²) in [5, 5.41) is 4.23. The number of ether oxygens (including phenoxy) is 2. The number of nitrogens with zero attached hydrogens (tertiary/aromatic N) is 1. The number of carbonyl (C=O) groups excluding carboxylic acids is 1. The minimum Gasteiger partial charge on any atom is -0.494 e. The molecule has 0 saturated heterocycles. The van der Waals surface area contributed by atoms with Crippen LogP contribution in [0.15, 0.2) is 65.5 Å². The van der Waals surface area contributed by atoms with Gasteiger partial charge in [0.25, 0.3) is 0 Å². The first-order valence-electron chi connectivity index (χ1n) is 11.3. The van der Waals surface area contributed by atoms with Crippen LogP contribution in [-0.4, -0.2) is 23.2 Å². The van der Waals surface area contributed by atoms with E-state index < -0.39 is 0 Å². The summed E-state index contributed by atoms with van der Waals surface area (Å²) in [6.07, 6.45) is 0.996. The van der Waals surface area contributed by atoms with E-state index in [1.807, 2.05) is 66.9 Å². The van der Waals surface area contributed by atoms with Crippen LogP contribution >= 0.6 is 0 Å². The van der Waals surface area contributed by atoms with Gasteiger partial charge in [-0.05, 0) is 50.2 Å². The molecule has 1 N–H and O–H groups in total. The van der Waals surface area contributed by atoms with Crippen molar-refractivity contribution in [1.29, 1.82) is 0 Å². The van der Waals surface area contributed by atoms with Crippen molar-refractivity contribution in [1.82, 2.24) is 9.88 Å². The third-order valence-corrected chi connectivity index (χ3v) is 6.04. The Balaban J connectivity index is 1.43. The summed E-state index contributed by atoms with van der Waals surface area (Å²) >= 11 is 0. The number of carbonyl (C=O) groups is 1. The molecular formula is C27H26N2O4. The first kappa shape index (κ1) is 21.1. The Morgan fingerprint density at radius 3 is 2.42 bits per heavy atom. The summed E-state index contributed by atoms with van der Waals surface area (Å²) in [6.45, 7) is 4.96. The Morgan fingerprint density at radius 2 is 1.76 bits per heavy atom. The molecule has 0 saturated carbocycles. The second-order valence-electron chi connectivity index (χ2n) is 8.36. The van der Waals surface area contributed by atoms with E-state index in [9.17, 15) is 9.59 Å². The fourth-order valence-corrected chi connectivity index (χ4v) is 4.55. The lowest BCUT2D eigenvalue weighted by Crippen LogP contribution is -2.28. The summed E-state index contributed by atoms with van der Waals surface area (Å²) in [7, 11) is 0. The zero-order chi connectivity index (χ0) is 22.9. The monoisotopic (exact) mass is 442 g/mol. The van der Waals surface area contributed by atoms with E-state index in [4.69, 9.17) is 9.47 Å². The van der Waals surface area contributed by atoms with E-state index in [1.165, 1.54) is 0 Å². The molecule has 168 valence electrons. The fourth-order valence-electron chi connectivity index (χ4n) is 4.55. The minimum absolute atomic E-state index is 0.0217. The molecule has 0 fully saturated rings. The maximum absolute atomic E-state index is 13.0. The maximum Gasteiger partial charge on any atom is 0.240 e. The summed E-state index contributed by atoms with van der Waals surface area (Å²) in [4.78, 5) is 25.9. The average Bonchev–Trinajstić information content (AvgIpc) is 3.19. The van der Waals surface area contributed by atoms with E-state index in [0.29, 0.717) is 23.9 Å². The van der Waals surface area contributed by atoms with Gasteiger partial charge in [-0.1, -0.05) is 24.3 Å². The van der Waals surface area contributed by atoms with Gasteiger partial charge in [-0.2, -0.15) is 0 Å². The van der Waals surface area contributed by atoms with E-state index >= 15 is 0 Å². The zero-order valence-electron chi connectivity index (χ0n) is 18.8. The van der Waals surface area contributed by atoms with Gasteiger partial charge in [0.15, 0.2) is 5.43 Å². The SMILES string of the molecule is CCOc1cc2c(cc1CNC(=O)Cn1c3ccccc3c(=O)c3ccccc31)OC(C)C2. The van der Waals surface area contributed by atoms with Crippen molar-refractivity contribution in [3.8, 4) is 11.5 Å². The lowest BCUT2D eigenvalue weighted by molar-refractivity contribution is -0.121. The van der Waals surface area contributed by atoms with Gasteiger partial charge in [0.1, 0.15) is 24.1 Å². The highest BCUT2D eigenvalue weighted by Gasteiger charge is 2.22. The molecule has 1 atom stereocenters. The summed E-state index contributed by atoms with van der Waals surface area (Å²) in [5.74, 6) is 1.48. The second kappa shape index (κ2) is 8.62. The van der Waals surface area contributed by atoms with Gasteiger partial charge in [0.05, 0.1) is 17.6 Å². The van der Waals surface area contributed by atoms with Gasteiger partial charge in [0, 0.05) is 34.9 Å². The Morgan fingerprint density at radius 1 is 1.09 bits per heavy atom. The molecule has 4 aromatic rings. The van der Waals surface area contributed by atoms with E-state index in [-0.39, 0.29) is 24.0 Å². The average molecular weight is 443 g/mol. The van der Waals surface area contributed by atoms with Crippen LogP contribution in [0.5, 0.6) is 11.5 Å². The van der Waals surface area contributed by atoms with Gasteiger partial charge in [-0.25, -0.2) is 0 Å². The highest BCUT2D eigenvalue weighted by atomic mass is 16.5. The normalized spacial score (nSPS) is 14.8. The van der Waals surface area contributed by atoms with Crippen LogP contribution in [0.3, 0.4) is 0 Å². The Bertz CT molecular complexity index is 1360. The van der Waals surface area contributed by atoms with Crippen LogP contribution in [-0.2, 0) is 24.3 Å². The predicted molar refractivity (Wildman–Crippen MR) is 129 cm³/mol. The largest absolute Gasteiger partial charge is 0.494 e. The van der Waals surface area contributed by atoms with Crippen LogP contribution in [0.25, 0.3) is 21.8 Å². The van der Waals surface area contributed by atoms with Crippen molar-refractivity contribution in [2.75, 3.05) is 6.61 Å². The topological polar surface area (TPSA) is 69.6 Å². The first-order valence-corrected chi connectivity index (χ1v) is 11.3. The molecule has 0 bridgehead atoms. The minimum atomic E-state index is -0.147. The number of pyridine rings is 1. The molecule has 6 nitrogen and oxygen atoms in total. The third-order valence-electron chi connectivity index (χ3n) is 6.04. The quantitative estimate of drug-likeness (QED) is 0.455. The predicted octanol–water partition coefficient (Wildman–Crippen LogP) is 4.19. The van der Waals surface area contributed by atoms with Crippen LogP contribution < -0.4 is 20.2 Å². The Hall–Kier alpha value is -3.80. The lowest BCUT2D eigenvalue weighted by Gasteiger charge is -2.16.